The summed E-state index contributed by atoms with van der Waals surface area (Å²) in [6, 6.07) is 1.18. The molecule has 18 heavy (non-hydrogen) atoms. The molecular formula is C12H17FN2O3. The highest BCUT2D eigenvalue weighted by Crippen LogP contribution is 2.44. The zero-order valence-corrected chi connectivity index (χ0v) is 10.6. The van der Waals surface area contributed by atoms with Crippen LogP contribution in [0, 0.1) is 5.92 Å². The van der Waals surface area contributed by atoms with Crippen molar-refractivity contribution < 1.29 is 9.13 Å². The lowest BCUT2D eigenvalue weighted by molar-refractivity contribution is -0.0809. The summed E-state index contributed by atoms with van der Waals surface area (Å²) in [7, 11) is 0. The second kappa shape index (κ2) is 4.35. The van der Waals surface area contributed by atoms with E-state index in [1.165, 1.54) is 12.3 Å². The van der Waals surface area contributed by atoms with E-state index in [0.717, 1.165) is 4.57 Å². The van der Waals surface area contributed by atoms with Crippen molar-refractivity contribution in [2.75, 3.05) is 0 Å². The highest BCUT2D eigenvalue weighted by molar-refractivity contribution is 4.97. The molecule has 4 atom stereocenters. The number of nitrogens with one attached hydrogen (secondary N) is 1. The van der Waals surface area contributed by atoms with Crippen LogP contribution in [0.25, 0.3) is 0 Å². The van der Waals surface area contributed by atoms with Crippen molar-refractivity contribution >= 4 is 0 Å². The molecule has 2 heterocycles. The van der Waals surface area contributed by atoms with Crippen molar-refractivity contribution in [1.29, 1.82) is 0 Å². The van der Waals surface area contributed by atoms with E-state index in [1.807, 2.05) is 13.8 Å². The minimum Gasteiger partial charge on any atom is -0.348 e. The summed E-state index contributed by atoms with van der Waals surface area (Å²) in [5.41, 5.74) is -1.75. The number of hydrogen-bond donors (Lipinski definition) is 1. The van der Waals surface area contributed by atoms with Crippen LogP contribution < -0.4 is 11.2 Å². The lowest BCUT2D eigenvalue weighted by atomic mass is 9.87. The van der Waals surface area contributed by atoms with Gasteiger partial charge in [-0.15, -0.1) is 0 Å². The van der Waals surface area contributed by atoms with Gasteiger partial charge in [-0.1, -0.05) is 13.8 Å². The molecule has 6 heteroatoms. The van der Waals surface area contributed by atoms with Crippen LogP contribution in [-0.2, 0) is 4.74 Å². The minimum absolute atomic E-state index is 0.314. The molecule has 0 spiro atoms. The molecule has 0 aromatic carbocycles. The largest absolute Gasteiger partial charge is 0.348 e. The van der Waals surface area contributed by atoms with Gasteiger partial charge >= 0.3 is 5.69 Å². The van der Waals surface area contributed by atoms with Gasteiger partial charge in [-0.25, -0.2) is 9.18 Å². The Hall–Kier alpha value is -1.43. The Balaban J connectivity index is 2.41. The van der Waals surface area contributed by atoms with Gasteiger partial charge in [0.1, 0.15) is 0 Å². The summed E-state index contributed by atoms with van der Waals surface area (Å²) in [4.78, 5) is 24.7. The summed E-state index contributed by atoms with van der Waals surface area (Å²) in [5.74, 6) is -0.314. The first-order valence-electron chi connectivity index (χ1n) is 6.02. The monoisotopic (exact) mass is 256 g/mol. The summed E-state index contributed by atoms with van der Waals surface area (Å²) in [6.45, 7) is 5.52. The molecule has 1 aliphatic rings. The fourth-order valence-corrected chi connectivity index (χ4v) is 2.28. The smallest absolute Gasteiger partial charge is 0.330 e. The van der Waals surface area contributed by atoms with Gasteiger partial charge in [-0.05, 0) is 13.3 Å². The summed E-state index contributed by atoms with van der Waals surface area (Å²) < 4.78 is 21.0. The third kappa shape index (κ3) is 1.90. The van der Waals surface area contributed by atoms with Gasteiger partial charge in [0.25, 0.3) is 5.56 Å². The lowest BCUT2D eigenvalue weighted by Crippen LogP contribution is -2.34. The van der Waals surface area contributed by atoms with E-state index in [-0.39, 0.29) is 5.92 Å². The van der Waals surface area contributed by atoms with E-state index >= 15 is 0 Å². The number of halogens is 1. The van der Waals surface area contributed by atoms with E-state index in [9.17, 15) is 14.0 Å². The van der Waals surface area contributed by atoms with Crippen LogP contribution in [0.3, 0.4) is 0 Å². The number of nitrogens with zero attached hydrogens (tertiary/aromatic N) is 1. The second-order valence-corrected chi connectivity index (χ2v) is 4.93. The number of alkyl halides is 1. The Morgan fingerprint density at radius 1 is 1.56 bits per heavy atom. The Morgan fingerprint density at radius 3 is 2.72 bits per heavy atom. The molecule has 1 N–H and O–H groups in total. The van der Waals surface area contributed by atoms with Gasteiger partial charge < -0.3 is 4.74 Å². The van der Waals surface area contributed by atoms with Gasteiger partial charge in [0.15, 0.2) is 12.4 Å². The first kappa shape index (κ1) is 13.0. The van der Waals surface area contributed by atoms with Crippen molar-refractivity contribution in [1.82, 2.24) is 9.55 Å². The lowest BCUT2D eigenvalue weighted by Gasteiger charge is -2.26. The van der Waals surface area contributed by atoms with E-state index in [0.29, 0.717) is 6.42 Å². The van der Waals surface area contributed by atoms with E-state index in [2.05, 4.69) is 4.98 Å². The molecule has 100 valence electrons. The van der Waals surface area contributed by atoms with Crippen LogP contribution in [0.2, 0.25) is 0 Å². The first-order valence-corrected chi connectivity index (χ1v) is 6.02. The van der Waals surface area contributed by atoms with Crippen molar-refractivity contribution in [2.24, 2.45) is 5.92 Å². The van der Waals surface area contributed by atoms with Crippen molar-refractivity contribution in [3.05, 3.63) is 33.1 Å². The number of rotatable bonds is 2. The molecule has 1 aromatic rings. The maximum atomic E-state index is 14.3. The topological polar surface area (TPSA) is 64.1 Å². The maximum absolute atomic E-state index is 14.3. The number of aromatic nitrogens is 2. The number of aromatic amines is 1. The molecule has 1 unspecified atom stereocenters. The number of H-pyrrole nitrogens is 1. The van der Waals surface area contributed by atoms with Crippen molar-refractivity contribution in [3.8, 4) is 0 Å². The third-order valence-corrected chi connectivity index (χ3v) is 3.93. The molecule has 2 rings (SSSR count). The van der Waals surface area contributed by atoms with Crippen LogP contribution in [0.4, 0.5) is 4.39 Å². The normalized spacial score (nSPS) is 35.9. The average molecular weight is 256 g/mol. The molecule has 0 aliphatic carbocycles. The minimum atomic E-state index is -1.28. The summed E-state index contributed by atoms with van der Waals surface area (Å²) in [5, 5.41) is 0. The Morgan fingerprint density at radius 2 is 2.22 bits per heavy atom. The highest BCUT2D eigenvalue weighted by atomic mass is 19.1. The summed E-state index contributed by atoms with van der Waals surface area (Å²) in [6.07, 6.45) is -0.330. The molecule has 1 fully saturated rings. The van der Waals surface area contributed by atoms with Crippen LogP contribution in [0.15, 0.2) is 21.9 Å². The van der Waals surface area contributed by atoms with Gasteiger partial charge in [0, 0.05) is 18.2 Å². The molecule has 1 aliphatic heterocycles. The molecule has 5 nitrogen and oxygen atoms in total. The Labute approximate surface area is 104 Å². The van der Waals surface area contributed by atoms with E-state index in [4.69, 9.17) is 4.74 Å². The molecule has 1 aromatic heterocycles. The molecule has 0 amide bonds. The summed E-state index contributed by atoms with van der Waals surface area (Å²) >= 11 is 0. The SMILES string of the molecule is CC[C@@]1(C)OC(n2ccc(=O)[nH]c2=O)[C@H](F)[C@@H]1C. The molecule has 0 bridgehead atoms. The van der Waals surface area contributed by atoms with Crippen LogP contribution in [-0.4, -0.2) is 21.3 Å². The van der Waals surface area contributed by atoms with Crippen LogP contribution in [0.5, 0.6) is 0 Å². The van der Waals surface area contributed by atoms with Gasteiger partial charge in [0.2, 0.25) is 0 Å². The van der Waals surface area contributed by atoms with Crippen LogP contribution >= 0.6 is 0 Å². The average Bonchev–Trinajstić information content (AvgIpc) is 2.55. The Bertz CT molecular complexity index is 553. The van der Waals surface area contributed by atoms with E-state index in [1.54, 1.807) is 6.92 Å². The Kier molecular flexibility index (Phi) is 3.14. The quantitative estimate of drug-likeness (QED) is 0.865. The van der Waals surface area contributed by atoms with Crippen molar-refractivity contribution in [2.45, 2.75) is 45.2 Å². The maximum Gasteiger partial charge on any atom is 0.330 e. The fraction of sp³-hybridized carbons (Fsp3) is 0.667. The third-order valence-electron chi connectivity index (χ3n) is 3.93. The first-order chi connectivity index (χ1) is 8.39. The number of ether oxygens (including phenoxy) is 1. The molecule has 0 radical (unpaired) electrons. The number of hydrogen-bond acceptors (Lipinski definition) is 3. The van der Waals surface area contributed by atoms with Gasteiger partial charge in [-0.2, -0.15) is 0 Å². The zero-order chi connectivity index (χ0) is 13.5. The predicted octanol–water partition coefficient (Wildman–Crippen LogP) is 1.21. The predicted molar refractivity (Wildman–Crippen MR) is 64.2 cm³/mol. The zero-order valence-electron chi connectivity index (χ0n) is 10.6. The van der Waals surface area contributed by atoms with Gasteiger partial charge in [0.05, 0.1) is 5.60 Å². The standard InChI is InChI=1S/C12H17FN2O3/c1-4-12(3)7(2)9(13)10(18-12)15-6-5-8(16)14-11(15)17/h5-7,9-10H,4H2,1-3H3,(H,14,16,17)/t7-,9+,10?,12+/m0/s1. The van der Waals surface area contributed by atoms with E-state index < -0.39 is 29.2 Å². The molecule has 1 saturated heterocycles. The second-order valence-electron chi connectivity index (χ2n) is 4.93. The molecular weight excluding hydrogens is 239 g/mol. The van der Waals surface area contributed by atoms with Crippen LogP contribution in [0.1, 0.15) is 33.4 Å². The molecule has 0 saturated carbocycles. The van der Waals surface area contributed by atoms with Gasteiger partial charge in [-0.3, -0.25) is 14.3 Å². The highest BCUT2D eigenvalue weighted by Gasteiger charge is 2.50. The fourth-order valence-electron chi connectivity index (χ4n) is 2.28. The van der Waals surface area contributed by atoms with Crippen molar-refractivity contribution in [3.63, 3.8) is 0 Å².